The minimum atomic E-state index is 0.473. The van der Waals surface area contributed by atoms with Gasteiger partial charge < -0.3 is 4.57 Å². The van der Waals surface area contributed by atoms with Gasteiger partial charge in [-0.1, -0.05) is 24.6 Å². The van der Waals surface area contributed by atoms with Crippen LogP contribution in [0.3, 0.4) is 0 Å². The Morgan fingerprint density at radius 1 is 1.47 bits per heavy atom. The topological polar surface area (TPSA) is 41.6 Å². The van der Waals surface area contributed by atoms with Gasteiger partial charge in [0.2, 0.25) is 0 Å². The standard InChI is InChI=1S/C13H12ClN3/c1-2-4-13-16-7-8-17(13)12-6-3-5-11(14)10(12)9-15/h3,5-8H,2,4H2,1H3. The van der Waals surface area contributed by atoms with Crippen LogP contribution in [-0.4, -0.2) is 9.55 Å². The number of hydrogen-bond donors (Lipinski definition) is 0. The molecule has 0 bridgehead atoms. The maximum atomic E-state index is 9.15. The van der Waals surface area contributed by atoms with E-state index in [1.807, 2.05) is 22.9 Å². The highest BCUT2D eigenvalue weighted by Crippen LogP contribution is 2.23. The van der Waals surface area contributed by atoms with Gasteiger partial charge in [-0.2, -0.15) is 5.26 Å². The first-order chi connectivity index (χ1) is 8.27. The van der Waals surface area contributed by atoms with E-state index in [0.717, 1.165) is 24.4 Å². The van der Waals surface area contributed by atoms with Crippen LogP contribution >= 0.6 is 11.6 Å². The molecule has 0 aliphatic heterocycles. The molecule has 1 aromatic heterocycles. The lowest BCUT2D eigenvalue weighted by Gasteiger charge is -2.09. The normalized spacial score (nSPS) is 10.2. The second kappa shape index (κ2) is 5.03. The highest BCUT2D eigenvalue weighted by atomic mass is 35.5. The average molecular weight is 246 g/mol. The Morgan fingerprint density at radius 3 is 3.00 bits per heavy atom. The number of nitriles is 1. The second-order valence-corrected chi connectivity index (χ2v) is 4.12. The number of aryl methyl sites for hydroxylation is 1. The number of benzene rings is 1. The molecule has 17 heavy (non-hydrogen) atoms. The van der Waals surface area contributed by atoms with Crippen LogP contribution in [0.25, 0.3) is 5.69 Å². The molecule has 1 heterocycles. The molecule has 0 unspecified atom stereocenters. The van der Waals surface area contributed by atoms with E-state index in [1.165, 1.54) is 0 Å². The van der Waals surface area contributed by atoms with Crippen molar-refractivity contribution in [1.82, 2.24) is 9.55 Å². The molecule has 0 spiro atoms. The number of rotatable bonds is 3. The molecular formula is C13H12ClN3. The smallest absolute Gasteiger partial charge is 0.113 e. The molecule has 2 aromatic rings. The van der Waals surface area contributed by atoms with Gasteiger partial charge in [-0.25, -0.2) is 4.98 Å². The third-order valence-corrected chi connectivity index (χ3v) is 2.87. The van der Waals surface area contributed by atoms with Crippen LogP contribution in [0.15, 0.2) is 30.6 Å². The summed E-state index contributed by atoms with van der Waals surface area (Å²) in [5, 5.41) is 9.62. The third kappa shape index (κ3) is 2.17. The Morgan fingerprint density at radius 2 is 2.29 bits per heavy atom. The van der Waals surface area contributed by atoms with Gasteiger partial charge >= 0.3 is 0 Å². The van der Waals surface area contributed by atoms with Gasteiger partial charge in [-0.05, 0) is 18.6 Å². The lowest BCUT2D eigenvalue weighted by molar-refractivity contribution is 0.808. The highest BCUT2D eigenvalue weighted by molar-refractivity contribution is 6.32. The number of aromatic nitrogens is 2. The first-order valence-corrected chi connectivity index (χ1v) is 5.87. The van der Waals surface area contributed by atoms with Gasteiger partial charge in [0.1, 0.15) is 11.9 Å². The number of nitrogens with zero attached hydrogens (tertiary/aromatic N) is 3. The molecule has 4 heteroatoms. The molecule has 0 aliphatic rings. The fraction of sp³-hybridized carbons (Fsp3) is 0.231. The highest BCUT2D eigenvalue weighted by Gasteiger charge is 2.11. The van der Waals surface area contributed by atoms with E-state index in [2.05, 4.69) is 18.0 Å². The van der Waals surface area contributed by atoms with Crippen molar-refractivity contribution in [2.24, 2.45) is 0 Å². The summed E-state index contributed by atoms with van der Waals surface area (Å²) in [4.78, 5) is 4.30. The summed E-state index contributed by atoms with van der Waals surface area (Å²) in [6.45, 7) is 2.10. The molecular weight excluding hydrogens is 234 g/mol. The van der Waals surface area contributed by atoms with Crippen molar-refractivity contribution in [2.45, 2.75) is 19.8 Å². The largest absolute Gasteiger partial charge is 0.302 e. The van der Waals surface area contributed by atoms with Crippen molar-refractivity contribution in [3.8, 4) is 11.8 Å². The van der Waals surface area contributed by atoms with E-state index in [9.17, 15) is 0 Å². The minimum Gasteiger partial charge on any atom is -0.302 e. The zero-order valence-electron chi connectivity index (χ0n) is 9.52. The maximum absolute atomic E-state index is 9.15. The van der Waals surface area contributed by atoms with E-state index >= 15 is 0 Å². The van der Waals surface area contributed by atoms with Gasteiger partial charge in [-0.15, -0.1) is 0 Å². The monoisotopic (exact) mass is 245 g/mol. The van der Waals surface area contributed by atoms with Crippen LogP contribution in [-0.2, 0) is 6.42 Å². The van der Waals surface area contributed by atoms with Crippen molar-refractivity contribution >= 4 is 11.6 Å². The lowest BCUT2D eigenvalue weighted by atomic mass is 10.2. The molecule has 0 N–H and O–H groups in total. The third-order valence-electron chi connectivity index (χ3n) is 2.55. The Balaban J connectivity index is 2.57. The summed E-state index contributed by atoms with van der Waals surface area (Å²) >= 11 is 6.02. The zero-order chi connectivity index (χ0) is 12.3. The quantitative estimate of drug-likeness (QED) is 0.832. The molecule has 3 nitrogen and oxygen atoms in total. The van der Waals surface area contributed by atoms with E-state index < -0.39 is 0 Å². The van der Waals surface area contributed by atoms with Crippen LogP contribution in [0.1, 0.15) is 24.7 Å². The molecule has 0 saturated carbocycles. The predicted octanol–water partition coefficient (Wildman–Crippen LogP) is 3.35. The summed E-state index contributed by atoms with van der Waals surface area (Å²) < 4.78 is 1.92. The van der Waals surface area contributed by atoms with E-state index in [4.69, 9.17) is 16.9 Å². The summed E-state index contributed by atoms with van der Waals surface area (Å²) in [5.41, 5.74) is 1.28. The molecule has 1 aromatic carbocycles. The number of halogens is 1. The van der Waals surface area contributed by atoms with Gasteiger partial charge in [0.05, 0.1) is 16.3 Å². The Hall–Kier alpha value is -1.79. The zero-order valence-corrected chi connectivity index (χ0v) is 10.3. The Labute approximate surface area is 105 Å². The predicted molar refractivity (Wildman–Crippen MR) is 67.3 cm³/mol. The van der Waals surface area contributed by atoms with Crippen molar-refractivity contribution in [3.05, 3.63) is 47.0 Å². The lowest BCUT2D eigenvalue weighted by Crippen LogP contribution is -2.02. The summed E-state index contributed by atoms with van der Waals surface area (Å²) in [6.07, 6.45) is 5.49. The molecule has 0 aliphatic carbocycles. The van der Waals surface area contributed by atoms with Crippen molar-refractivity contribution < 1.29 is 0 Å². The van der Waals surface area contributed by atoms with E-state index in [1.54, 1.807) is 12.3 Å². The molecule has 0 radical (unpaired) electrons. The fourth-order valence-corrected chi connectivity index (χ4v) is 2.00. The Kier molecular flexibility index (Phi) is 3.46. The number of hydrogen-bond acceptors (Lipinski definition) is 2. The van der Waals surface area contributed by atoms with Crippen molar-refractivity contribution in [1.29, 1.82) is 5.26 Å². The van der Waals surface area contributed by atoms with Gasteiger partial charge in [0, 0.05) is 18.8 Å². The van der Waals surface area contributed by atoms with Gasteiger partial charge in [0.25, 0.3) is 0 Å². The second-order valence-electron chi connectivity index (χ2n) is 3.71. The van der Waals surface area contributed by atoms with Crippen LogP contribution in [0.2, 0.25) is 5.02 Å². The molecule has 0 atom stereocenters. The van der Waals surface area contributed by atoms with Gasteiger partial charge in [0.15, 0.2) is 0 Å². The first kappa shape index (κ1) is 11.7. The SMILES string of the molecule is CCCc1nccn1-c1cccc(Cl)c1C#N. The van der Waals surface area contributed by atoms with Gasteiger partial charge in [-0.3, -0.25) is 0 Å². The van der Waals surface area contributed by atoms with Crippen molar-refractivity contribution in [2.75, 3.05) is 0 Å². The average Bonchev–Trinajstić information content (AvgIpc) is 2.77. The van der Waals surface area contributed by atoms with E-state index in [0.29, 0.717) is 10.6 Å². The molecule has 0 saturated heterocycles. The van der Waals surface area contributed by atoms with E-state index in [-0.39, 0.29) is 0 Å². The Bertz CT molecular complexity index is 566. The maximum Gasteiger partial charge on any atom is 0.113 e. The fourth-order valence-electron chi connectivity index (χ4n) is 1.79. The molecule has 2 rings (SSSR count). The number of imidazole rings is 1. The summed E-state index contributed by atoms with van der Waals surface area (Å²) in [7, 11) is 0. The summed E-state index contributed by atoms with van der Waals surface area (Å²) in [6, 6.07) is 7.58. The summed E-state index contributed by atoms with van der Waals surface area (Å²) in [5.74, 6) is 0.950. The van der Waals surface area contributed by atoms with Crippen LogP contribution in [0, 0.1) is 11.3 Å². The first-order valence-electron chi connectivity index (χ1n) is 5.49. The minimum absolute atomic E-state index is 0.473. The molecule has 0 fully saturated rings. The van der Waals surface area contributed by atoms with Crippen LogP contribution < -0.4 is 0 Å². The molecule has 0 amide bonds. The van der Waals surface area contributed by atoms with Crippen LogP contribution in [0.4, 0.5) is 0 Å². The molecule has 86 valence electrons. The van der Waals surface area contributed by atoms with Crippen molar-refractivity contribution in [3.63, 3.8) is 0 Å². The van der Waals surface area contributed by atoms with Crippen LogP contribution in [0.5, 0.6) is 0 Å².